The van der Waals surface area contributed by atoms with Crippen LogP contribution >= 0.6 is 22.7 Å². The molecule has 3 N–H and O–H groups in total. The van der Waals surface area contributed by atoms with Crippen molar-refractivity contribution >= 4 is 40.0 Å². The zero-order valence-corrected chi connectivity index (χ0v) is 15.5. The number of thiazole rings is 1. The molecule has 0 bridgehead atoms. The van der Waals surface area contributed by atoms with Crippen LogP contribution in [0.3, 0.4) is 0 Å². The number of anilines is 1. The first-order valence-corrected chi connectivity index (χ1v) is 9.47. The Morgan fingerprint density at radius 1 is 1.35 bits per heavy atom. The van der Waals surface area contributed by atoms with Gasteiger partial charge in [-0.2, -0.15) is 0 Å². The Kier molecular flexibility index (Phi) is 5.29. The lowest BCUT2D eigenvalue weighted by Crippen LogP contribution is -2.25. The van der Waals surface area contributed by atoms with Crippen molar-refractivity contribution in [3.63, 3.8) is 0 Å². The van der Waals surface area contributed by atoms with Gasteiger partial charge in [0.1, 0.15) is 5.69 Å². The van der Waals surface area contributed by atoms with Crippen LogP contribution in [-0.4, -0.2) is 22.4 Å². The van der Waals surface area contributed by atoms with Crippen LogP contribution in [0, 0.1) is 17.0 Å². The Balaban J connectivity index is 1.58. The fraction of sp³-hybridized carbons (Fsp3) is 0.176. The van der Waals surface area contributed by atoms with Crippen LogP contribution in [-0.2, 0) is 6.42 Å². The minimum Gasteiger partial charge on any atom is -0.393 e. The van der Waals surface area contributed by atoms with Gasteiger partial charge < -0.3 is 11.1 Å². The Morgan fingerprint density at radius 3 is 2.85 bits per heavy atom. The minimum absolute atomic E-state index is 0.0370. The number of hydrogen-bond acceptors (Lipinski definition) is 7. The van der Waals surface area contributed by atoms with Crippen molar-refractivity contribution in [1.29, 1.82) is 0 Å². The third kappa shape index (κ3) is 4.06. The molecule has 9 heteroatoms. The average Bonchev–Trinajstić information content (AvgIpc) is 3.23. The molecule has 3 aromatic rings. The molecule has 3 rings (SSSR count). The Morgan fingerprint density at radius 2 is 2.15 bits per heavy atom. The maximum atomic E-state index is 12.2. The highest BCUT2D eigenvalue weighted by molar-refractivity contribution is 7.16. The number of nitrogen functional groups attached to an aromatic ring is 1. The van der Waals surface area contributed by atoms with E-state index < -0.39 is 4.92 Å². The van der Waals surface area contributed by atoms with Crippen LogP contribution in [0.1, 0.15) is 20.2 Å². The van der Waals surface area contributed by atoms with E-state index in [0.29, 0.717) is 13.0 Å². The summed E-state index contributed by atoms with van der Waals surface area (Å²) < 4.78 is 0. The lowest BCUT2D eigenvalue weighted by atomic mass is 10.1. The van der Waals surface area contributed by atoms with E-state index in [0.717, 1.165) is 20.5 Å². The molecule has 0 aliphatic carbocycles. The van der Waals surface area contributed by atoms with Gasteiger partial charge in [0, 0.05) is 28.4 Å². The van der Waals surface area contributed by atoms with Gasteiger partial charge in [0.2, 0.25) is 0 Å². The second-order valence-electron chi connectivity index (χ2n) is 5.55. The monoisotopic (exact) mass is 388 g/mol. The summed E-state index contributed by atoms with van der Waals surface area (Å²) in [6.45, 7) is 2.41. The van der Waals surface area contributed by atoms with Gasteiger partial charge in [-0.1, -0.05) is 0 Å². The molecule has 26 heavy (non-hydrogen) atoms. The second-order valence-corrected chi connectivity index (χ2v) is 7.78. The van der Waals surface area contributed by atoms with Gasteiger partial charge in [0.25, 0.3) is 11.6 Å². The largest absolute Gasteiger partial charge is 0.393 e. The number of rotatable bonds is 6. The predicted molar refractivity (Wildman–Crippen MR) is 104 cm³/mol. The first-order valence-electron chi connectivity index (χ1n) is 7.77. The number of carbonyl (C=O) groups is 1. The molecular weight excluding hydrogens is 372 g/mol. The molecule has 0 atom stereocenters. The molecule has 0 unspecified atom stereocenters. The maximum absolute atomic E-state index is 12.2. The molecule has 2 heterocycles. The molecule has 0 radical (unpaired) electrons. The highest BCUT2D eigenvalue weighted by atomic mass is 32.1. The molecule has 1 amide bonds. The van der Waals surface area contributed by atoms with Crippen LogP contribution in [0.2, 0.25) is 0 Å². The van der Waals surface area contributed by atoms with Gasteiger partial charge in [0.05, 0.1) is 20.5 Å². The molecular formula is C17H16N4O3S2. The van der Waals surface area contributed by atoms with Crippen LogP contribution in [0.5, 0.6) is 0 Å². The van der Waals surface area contributed by atoms with Crippen molar-refractivity contribution in [2.45, 2.75) is 13.3 Å². The summed E-state index contributed by atoms with van der Waals surface area (Å²) in [7, 11) is 0. The molecule has 0 fully saturated rings. The van der Waals surface area contributed by atoms with Crippen LogP contribution < -0.4 is 11.1 Å². The zero-order chi connectivity index (χ0) is 18.7. The summed E-state index contributed by atoms with van der Waals surface area (Å²) in [5, 5.41) is 16.7. The summed E-state index contributed by atoms with van der Waals surface area (Å²) in [6, 6.07) is 8.09. The van der Waals surface area contributed by atoms with Gasteiger partial charge >= 0.3 is 0 Å². The first kappa shape index (κ1) is 18.0. The number of thiophene rings is 1. The smallest absolute Gasteiger partial charge is 0.292 e. The van der Waals surface area contributed by atoms with Crippen molar-refractivity contribution in [2.75, 3.05) is 12.3 Å². The van der Waals surface area contributed by atoms with Gasteiger partial charge in [-0.3, -0.25) is 14.9 Å². The summed E-state index contributed by atoms with van der Waals surface area (Å²) >= 11 is 3.26. The van der Waals surface area contributed by atoms with Gasteiger partial charge in [-0.25, -0.2) is 4.98 Å². The molecule has 7 nitrogen and oxygen atoms in total. The summed E-state index contributed by atoms with van der Waals surface area (Å²) in [6.07, 6.45) is 0.677. The van der Waals surface area contributed by atoms with Crippen LogP contribution in [0.15, 0.2) is 35.7 Å². The van der Waals surface area contributed by atoms with E-state index >= 15 is 0 Å². The fourth-order valence-electron chi connectivity index (χ4n) is 2.37. The van der Waals surface area contributed by atoms with E-state index in [1.54, 1.807) is 22.7 Å². The normalized spacial score (nSPS) is 10.7. The Bertz CT molecular complexity index is 965. The molecule has 1 aromatic carbocycles. The topological polar surface area (TPSA) is 111 Å². The van der Waals surface area contributed by atoms with Crippen molar-refractivity contribution in [2.24, 2.45) is 0 Å². The molecule has 0 saturated carbocycles. The number of aryl methyl sites for hydroxylation is 1. The molecule has 0 saturated heterocycles. The van der Waals surface area contributed by atoms with E-state index in [4.69, 9.17) is 5.73 Å². The lowest BCUT2D eigenvalue weighted by Gasteiger charge is -2.05. The first-order chi connectivity index (χ1) is 12.4. The van der Waals surface area contributed by atoms with Crippen molar-refractivity contribution in [3.8, 4) is 10.6 Å². The van der Waals surface area contributed by atoms with E-state index in [1.165, 1.54) is 18.2 Å². The highest BCUT2D eigenvalue weighted by Crippen LogP contribution is 2.29. The fourth-order valence-corrected chi connectivity index (χ4v) is 4.03. The van der Waals surface area contributed by atoms with E-state index in [9.17, 15) is 14.9 Å². The number of benzene rings is 1. The number of aromatic nitrogens is 1. The quantitative estimate of drug-likeness (QED) is 0.380. The average molecular weight is 388 g/mol. The van der Waals surface area contributed by atoms with Gasteiger partial charge in [0.15, 0.2) is 0 Å². The highest BCUT2D eigenvalue weighted by Gasteiger charge is 2.15. The molecule has 2 aromatic heterocycles. The predicted octanol–water partition coefficient (Wildman–Crippen LogP) is 3.64. The zero-order valence-electron chi connectivity index (χ0n) is 13.9. The third-order valence-corrected chi connectivity index (χ3v) is 5.62. The third-order valence-electron chi connectivity index (χ3n) is 3.68. The minimum atomic E-state index is -0.598. The Labute approximate surface area is 157 Å². The maximum Gasteiger partial charge on any atom is 0.292 e. The van der Waals surface area contributed by atoms with E-state index in [1.807, 2.05) is 24.4 Å². The molecule has 0 aliphatic heterocycles. The summed E-state index contributed by atoms with van der Waals surface area (Å²) in [4.78, 5) is 29.2. The van der Waals surface area contributed by atoms with Gasteiger partial charge in [-0.15, -0.1) is 22.7 Å². The lowest BCUT2D eigenvalue weighted by molar-refractivity contribution is -0.383. The molecule has 134 valence electrons. The Hall–Kier alpha value is -2.78. The summed E-state index contributed by atoms with van der Waals surface area (Å²) in [5.41, 5.74) is 6.51. The second kappa shape index (κ2) is 7.63. The number of amides is 1. The molecule has 0 aliphatic rings. The van der Waals surface area contributed by atoms with Crippen LogP contribution in [0.25, 0.3) is 10.6 Å². The number of nitrogens with one attached hydrogen (secondary N) is 1. The number of nitro benzene ring substituents is 1. The number of carbonyl (C=O) groups excluding carboxylic acids is 1. The standard InChI is InChI=1S/C17H16N4O3S2/c1-10-20-14(9-25-10)16-5-3-12(26-16)6-7-19-17(22)11-2-4-13(18)15(8-11)21(23)24/h2-5,8-9H,6-7,18H2,1H3,(H,19,22). The summed E-state index contributed by atoms with van der Waals surface area (Å²) in [5.74, 6) is -0.361. The number of nitrogens with zero attached hydrogens (tertiary/aromatic N) is 2. The van der Waals surface area contributed by atoms with Crippen LogP contribution in [0.4, 0.5) is 11.4 Å². The van der Waals surface area contributed by atoms with E-state index in [2.05, 4.69) is 10.3 Å². The van der Waals surface area contributed by atoms with Gasteiger partial charge in [-0.05, 0) is 37.6 Å². The number of hydrogen-bond donors (Lipinski definition) is 2. The number of nitrogens with two attached hydrogens (primary N) is 1. The van der Waals surface area contributed by atoms with Crippen molar-refractivity contribution < 1.29 is 9.72 Å². The molecule has 0 spiro atoms. The SMILES string of the molecule is Cc1nc(-c2ccc(CCNC(=O)c3ccc(N)c([N+](=O)[O-])c3)s2)cs1. The number of nitro groups is 1. The van der Waals surface area contributed by atoms with Crippen molar-refractivity contribution in [1.82, 2.24) is 10.3 Å². The van der Waals surface area contributed by atoms with E-state index in [-0.39, 0.29) is 22.8 Å². The van der Waals surface area contributed by atoms with Crippen molar-refractivity contribution in [3.05, 3.63) is 61.3 Å².